The van der Waals surface area contributed by atoms with Crippen LogP contribution in [0.1, 0.15) is 0 Å². The average Bonchev–Trinajstić information content (AvgIpc) is 2.04. The summed E-state index contributed by atoms with van der Waals surface area (Å²) in [5.41, 5.74) is 0. The average molecular weight is 161 g/mol. The zero-order valence-electron chi connectivity index (χ0n) is 6.25. The zero-order chi connectivity index (χ0) is 8.55. The van der Waals surface area contributed by atoms with Gasteiger partial charge in [-0.25, -0.2) is 4.39 Å². The Hall–Kier alpha value is -1.57. The molecule has 0 aliphatic rings. The summed E-state index contributed by atoms with van der Waals surface area (Å²) in [6.07, 6.45) is 0. The molecule has 1 nitrogen and oxygen atoms in total. The molecule has 1 radical (unpaired) electrons. The molecule has 59 valence electrons. The van der Waals surface area contributed by atoms with Crippen LogP contribution in [0.4, 0.5) is 4.39 Å². The minimum atomic E-state index is -0.473. The van der Waals surface area contributed by atoms with E-state index in [1.165, 1.54) is 6.07 Å². The van der Waals surface area contributed by atoms with E-state index >= 15 is 0 Å². The van der Waals surface area contributed by atoms with Crippen molar-refractivity contribution in [3.05, 3.63) is 42.2 Å². The van der Waals surface area contributed by atoms with Gasteiger partial charge in [-0.15, -0.1) is 0 Å². The second-order valence-electron chi connectivity index (χ2n) is 2.63. The van der Waals surface area contributed by atoms with Crippen LogP contribution < -0.4 is 0 Å². The molecule has 0 atom stereocenters. The van der Waals surface area contributed by atoms with Crippen LogP contribution in [-0.2, 0) is 5.11 Å². The fraction of sp³-hybridized carbons (Fsp3) is 0. The molecule has 0 saturated carbocycles. The van der Waals surface area contributed by atoms with Gasteiger partial charge in [-0.2, -0.15) is 0 Å². The number of benzene rings is 2. The summed E-state index contributed by atoms with van der Waals surface area (Å²) in [5, 5.41) is 12.4. The monoisotopic (exact) mass is 161 g/mol. The van der Waals surface area contributed by atoms with E-state index in [-0.39, 0.29) is 5.75 Å². The Labute approximate surface area is 69.1 Å². The molecular weight excluding hydrogens is 155 g/mol. The van der Waals surface area contributed by atoms with Gasteiger partial charge >= 0.3 is 0 Å². The van der Waals surface area contributed by atoms with Crippen LogP contribution in [0.5, 0.6) is 5.75 Å². The summed E-state index contributed by atoms with van der Waals surface area (Å²) < 4.78 is 12.7. The summed E-state index contributed by atoms with van der Waals surface area (Å²) in [4.78, 5) is 0. The van der Waals surface area contributed by atoms with Crippen LogP contribution >= 0.6 is 0 Å². The number of hydrogen-bond donors (Lipinski definition) is 0. The van der Waals surface area contributed by atoms with Crippen molar-refractivity contribution < 1.29 is 9.50 Å². The third-order valence-electron chi connectivity index (χ3n) is 1.79. The highest BCUT2D eigenvalue weighted by molar-refractivity contribution is 5.87. The van der Waals surface area contributed by atoms with Gasteiger partial charge in [-0.3, -0.25) is 5.11 Å². The van der Waals surface area contributed by atoms with Crippen LogP contribution in [0, 0.1) is 5.82 Å². The first-order valence-electron chi connectivity index (χ1n) is 3.63. The van der Waals surface area contributed by atoms with E-state index in [2.05, 4.69) is 0 Å². The summed E-state index contributed by atoms with van der Waals surface area (Å²) >= 11 is 0. The predicted molar refractivity (Wildman–Crippen MR) is 44.0 cm³/mol. The highest BCUT2D eigenvalue weighted by atomic mass is 19.1. The molecule has 12 heavy (non-hydrogen) atoms. The second-order valence-corrected chi connectivity index (χ2v) is 2.63. The van der Waals surface area contributed by atoms with Crippen LogP contribution in [0.3, 0.4) is 0 Å². The van der Waals surface area contributed by atoms with E-state index in [1.807, 2.05) is 0 Å². The van der Waals surface area contributed by atoms with Gasteiger partial charge in [0.25, 0.3) is 0 Å². The Bertz CT molecular complexity index is 423. The smallest absolute Gasteiger partial charge is 0.189 e. The quantitative estimate of drug-likeness (QED) is 0.565. The summed E-state index contributed by atoms with van der Waals surface area (Å²) in [7, 11) is 0. The van der Waals surface area contributed by atoms with Crippen molar-refractivity contribution in [3.63, 3.8) is 0 Å². The Morgan fingerprint density at radius 2 is 1.83 bits per heavy atom. The van der Waals surface area contributed by atoms with Crippen molar-refractivity contribution in [1.82, 2.24) is 0 Å². The van der Waals surface area contributed by atoms with Crippen LogP contribution in [0.15, 0.2) is 36.4 Å². The molecule has 0 bridgehead atoms. The third-order valence-corrected chi connectivity index (χ3v) is 1.79. The number of fused-ring (bicyclic) bond motifs is 1. The van der Waals surface area contributed by atoms with Crippen LogP contribution in [0.25, 0.3) is 10.8 Å². The second kappa shape index (κ2) is 2.48. The SMILES string of the molecule is [O]c1cc(F)cc2ccccc12. The number of rotatable bonds is 0. The van der Waals surface area contributed by atoms with E-state index in [4.69, 9.17) is 0 Å². The minimum Gasteiger partial charge on any atom is -0.289 e. The zero-order valence-corrected chi connectivity index (χ0v) is 6.25. The Kier molecular flexibility index (Phi) is 1.47. The van der Waals surface area contributed by atoms with E-state index in [0.29, 0.717) is 10.8 Å². The lowest BCUT2D eigenvalue weighted by atomic mass is 10.1. The van der Waals surface area contributed by atoms with Gasteiger partial charge in [-0.05, 0) is 11.5 Å². The van der Waals surface area contributed by atoms with Crippen LogP contribution in [0.2, 0.25) is 0 Å². The molecule has 0 spiro atoms. The standard InChI is InChI=1S/C10H6FO/c11-8-5-7-3-1-2-4-9(7)10(12)6-8/h1-6H. The van der Waals surface area contributed by atoms with Crippen molar-refractivity contribution in [2.75, 3.05) is 0 Å². The Morgan fingerprint density at radius 3 is 2.67 bits per heavy atom. The molecule has 0 aromatic heterocycles. The fourth-order valence-corrected chi connectivity index (χ4v) is 1.24. The van der Waals surface area contributed by atoms with Gasteiger partial charge in [0, 0.05) is 11.5 Å². The molecule has 0 amide bonds. The Morgan fingerprint density at radius 1 is 1.08 bits per heavy atom. The minimum absolute atomic E-state index is 0.259. The van der Waals surface area contributed by atoms with E-state index in [0.717, 1.165) is 6.07 Å². The maximum atomic E-state index is 12.7. The lowest BCUT2D eigenvalue weighted by Gasteiger charge is -1.97. The first-order chi connectivity index (χ1) is 5.77. The van der Waals surface area contributed by atoms with E-state index < -0.39 is 5.82 Å². The molecule has 0 heterocycles. The van der Waals surface area contributed by atoms with Gasteiger partial charge in [0.2, 0.25) is 0 Å². The number of halogens is 1. The molecule has 0 unspecified atom stereocenters. The maximum Gasteiger partial charge on any atom is 0.189 e. The molecule has 0 aliphatic heterocycles. The normalized spacial score (nSPS) is 10.4. The highest BCUT2D eigenvalue weighted by Gasteiger charge is 2.02. The first kappa shape index (κ1) is 7.10. The van der Waals surface area contributed by atoms with E-state index in [1.54, 1.807) is 24.3 Å². The molecule has 2 rings (SSSR count). The van der Waals surface area contributed by atoms with Crippen molar-refractivity contribution in [1.29, 1.82) is 0 Å². The van der Waals surface area contributed by atoms with Crippen molar-refractivity contribution in [2.45, 2.75) is 0 Å². The third kappa shape index (κ3) is 1.01. The maximum absolute atomic E-state index is 12.7. The molecule has 2 aromatic carbocycles. The molecule has 0 aliphatic carbocycles. The van der Waals surface area contributed by atoms with Gasteiger partial charge in [0.1, 0.15) is 5.82 Å². The van der Waals surface area contributed by atoms with Gasteiger partial charge in [0.15, 0.2) is 5.75 Å². The molecule has 0 N–H and O–H groups in total. The van der Waals surface area contributed by atoms with Gasteiger partial charge in [-0.1, -0.05) is 24.3 Å². The van der Waals surface area contributed by atoms with Crippen LogP contribution in [-0.4, -0.2) is 0 Å². The molecular formula is C10H6FO. The number of hydrogen-bond acceptors (Lipinski definition) is 0. The molecule has 0 fully saturated rings. The van der Waals surface area contributed by atoms with Crippen molar-refractivity contribution in [3.8, 4) is 5.75 Å². The van der Waals surface area contributed by atoms with Gasteiger partial charge in [0.05, 0.1) is 0 Å². The summed E-state index contributed by atoms with van der Waals surface area (Å²) in [6.45, 7) is 0. The summed E-state index contributed by atoms with van der Waals surface area (Å²) in [6, 6.07) is 9.32. The first-order valence-corrected chi connectivity index (χ1v) is 3.63. The largest absolute Gasteiger partial charge is 0.289 e. The molecule has 0 saturated heterocycles. The molecule has 2 aromatic rings. The lowest BCUT2D eigenvalue weighted by Crippen LogP contribution is -1.76. The summed E-state index contributed by atoms with van der Waals surface area (Å²) in [5.74, 6) is -0.732. The lowest BCUT2D eigenvalue weighted by molar-refractivity contribution is 0.357. The highest BCUT2D eigenvalue weighted by Crippen LogP contribution is 2.25. The molecule has 2 heteroatoms. The topological polar surface area (TPSA) is 19.9 Å². The Balaban J connectivity index is 2.89. The van der Waals surface area contributed by atoms with Gasteiger partial charge < -0.3 is 0 Å². The fourth-order valence-electron chi connectivity index (χ4n) is 1.24. The van der Waals surface area contributed by atoms with Crippen molar-refractivity contribution in [2.24, 2.45) is 0 Å². The predicted octanol–water partition coefficient (Wildman–Crippen LogP) is 3.12. The van der Waals surface area contributed by atoms with E-state index in [9.17, 15) is 9.50 Å². The van der Waals surface area contributed by atoms with Crippen molar-refractivity contribution >= 4 is 10.8 Å².